The molecule has 5 nitrogen and oxygen atoms in total. The average molecular weight is 287 g/mol. The molecule has 0 bridgehead atoms. The summed E-state index contributed by atoms with van der Waals surface area (Å²) in [6.07, 6.45) is 1.57. The first-order valence-electron chi connectivity index (χ1n) is 6.16. The zero-order valence-electron chi connectivity index (χ0n) is 11.2. The number of benzene rings is 1. The van der Waals surface area contributed by atoms with Crippen LogP contribution in [0.1, 0.15) is 21.1 Å². The molecular weight excluding hydrogens is 274 g/mol. The summed E-state index contributed by atoms with van der Waals surface area (Å²) in [5, 5.41) is 4.63. The number of carbonyl (C=O) groups is 1. The number of nitrogens with zero attached hydrogens (tertiary/aromatic N) is 3. The first-order valence-corrected chi connectivity index (χ1v) is 6.97. The molecule has 0 spiro atoms. The zero-order chi connectivity index (χ0) is 14.1. The lowest BCUT2D eigenvalue weighted by molar-refractivity contribution is 0.0772. The number of hydrogen-bond donors (Lipinski definition) is 0. The predicted molar refractivity (Wildman–Crippen MR) is 76.7 cm³/mol. The first kappa shape index (κ1) is 12.8. The second-order valence-electron chi connectivity index (χ2n) is 4.56. The quantitative estimate of drug-likeness (QED) is 0.743. The molecule has 102 valence electrons. The standard InChI is InChI=1S/C14H13N3O2S/c1-9-16-12-7-10(3-4-13(12)20-9)14(18)17(2)8-11-5-6-15-19-11/h3-7H,8H2,1-2H3. The molecule has 0 saturated carbocycles. The van der Waals surface area contributed by atoms with Crippen LogP contribution in [0.3, 0.4) is 0 Å². The molecule has 2 aromatic heterocycles. The highest BCUT2D eigenvalue weighted by Gasteiger charge is 2.14. The van der Waals surface area contributed by atoms with Crippen LogP contribution in [0.15, 0.2) is 35.0 Å². The van der Waals surface area contributed by atoms with Crippen LogP contribution in [0.2, 0.25) is 0 Å². The van der Waals surface area contributed by atoms with Gasteiger partial charge in [-0.25, -0.2) is 4.98 Å². The first-order chi connectivity index (χ1) is 9.63. The summed E-state index contributed by atoms with van der Waals surface area (Å²) < 4.78 is 6.10. The minimum Gasteiger partial charge on any atom is -0.360 e. The van der Waals surface area contributed by atoms with Crippen molar-refractivity contribution < 1.29 is 9.32 Å². The Morgan fingerprint density at radius 2 is 2.25 bits per heavy atom. The van der Waals surface area contributed by atoms with E-state index >= 15 is 0 Å². The van der Waals surface area contributed by atoms with Crippen LogP contribution < -0.4 is 0 Å². The van der Waals surface area contributed by atoms with Gasteiger partial charge in [-0.3, -0.25) is 4.79 Å². The Bertz CT molecular complexity index is 749. The van der Waals surface area contributed by atoms with Crippen molar-refractivity contribution in [2.45, 2.75) is 13.5 Å². The van der Waals surface area contributed by atoms with Crippen molar-refractivity contribution in [1.82, 2.24) is 15.0 Å². The molecule has 0 N–H and O–H groups in total. The highest BCUT2D eigenvalue weighted by Crippen LogP contribution is 2.23. The van der Waals surface area contributed by atoms with Crippen molar-refractivity contribution >= 4 is 27.5 Å². The number of aryl methyl sites for hydroxylation is 1. The zero-order valence-corrected chi connectivity index (χ0v) is 12.0. The van der Waals surface area contributed by atoms with Gasteiger partial charge in [-0.15, -0.1) is 11.3 Å². The van der Waals surface area contributed by atoms with Crippen LogP contribution in [-0.4, -0.2) is 28.0 Å². The van der Waals surface area contributed by atoms with Gasteiger partial charge in [0.1, 0.15) is 0 Å². The second kappa shape index (κ2) is 5.05. The number of hydrogen-bond acceptors (Lipinski definition) is 5. The van der Waals surface area contributed by atoms with Crippen LogP contribution in [-0.2, 0) is 6.54 Å². The molecule has 1 amide bonds. The molecule has 0 aliphatic carbocycles. The van der Waals surface area contributed by atoms with Gasteiger partial charge in [-0.1, -0.05) is 5.16 Å². The maximum absolute atomic E-state index is 12.4. The Balaban J connectivity index is 1.83. The topological polar surface area (TPSA) is 59.2 Å². The van der Waals surface area contributed by atoms with Gasteiger partial charge in [0.25, 0.3) is 5.91 Å². The van der Waals surface area contributed by atoms with E-state index in [1.54, 1.807) is 35.5 Å². The average Bonchev–Trinajstić information content (AvgIpc) is 3.04. The number of carbonyl (C=O) groups excluding carboxylic acids is 1. The molecular formula is C14H13N3O2S. The van der Waals surface area contributed by atoms with Gasteiger partial charge >= 0.3 is 0 Å². The van der Waals surface area contributed by atoms with Crippen molar-refractivity contribution in [2.75, 3.05) is 7.05 Å². The Kier molecular flexibility index (Phi) is 3.23. The molecule has 0 fully saturated rings. The van der Waals surface area contributed by atoms with Crippen molar-refractivity contribution in [3.8, 4) is 0 Å². The normalized spacial score (nSPS) is 10.9. The Morgan fingerprint density at radius 3 is 3.00 bits per heavy atom. The predicted octanol–water partition coefficient (Wildman–Crippen LogP) is 2.86. The maximum Gasteiger partial charge on any atom is 0.254 e. The molecule has 1 aromatic carbocycles. The minimum atomic E-state index is -0.0612. The monoisotopic (exact) mass is 287 g/mol. The third kappa shape index (κ3) is 2.42. The molecule has 0 aliphatic heterocycles. The third-order valence-electron chi connectivity index (χ3n) is 2.97. The van der Waals surface area contributed by atoms with E-state index in [-0.39, 0.29) is 5.91 Å². The van der Waals surface area contributed by atoms with Gasteiger partial charge in [0, 0.05) is 18.7 Å². The Morgan fingerprint density at radius 1 is 1.40 bits per heavy atom. The number of rotatable bonds is 3. The van der Waals surface area contributed by atoms with Gasteiger partial charge in [0.05, 0.1) is 28.0 Å². The summed E-state index contributed by atoms with van der Waals surface area (Å²) in [4.78, 5) is 18.4. The SMILES string of the molecule is Cc1nc2cc(C(=O)N(C)Cc3ccno3)ccc2s1. The molecule has 20 heavy (non-hydrogen) atoms. The van der Waals surface area contributed by atoms with Crippen molar-refractivity contribution in [3.05, 3.63) is 46.8 Å². The second-order valence-corrected chi connectivity index (χ2v) is 5.79. The van der Waals surface area contributed by atoms with Crippen LogP contribution in [0, 0.1) is 6.92 Å². The highest BCUT2D eigenvalue weighted by molar-refractivity contribution is 7.18. The van der Waals surface area contributed by atoms with Crippen LogP contribution in [0.25, 0.3) is 10.2 Å². The lowest BCUT2D eigenvalue weighted by atomic mass is 10.2. The van der Waals surface area contributed by atoms with E-state index in [1.807, 2.05) is 25.1 Å². The van der Waals surface area contributed by atoms with Gasteiger partial charge in [-0.05, 0) is 25.1 Å². The summed E-state index contributed by atoms with van der Waals surface area (Å²) in [5.74, 6) is 0.598. The summed E-state index contributed by atoms with van der Waals surface area (Å²) >= 11 is 1.63. The van der Waals surface area contributed by atoms with Crippen LogP contribution >= 0.6 is 11.3 Å². The molecule has 0 aliphatic rings. The van der Waals surface area contributed by atoms with Crippen LogP contribution in [0.5, 0.6) is 0 Å². The Hall–Kier alpha value is -2.21. The lowest BCUT2D eigenvalue weighted by Gasteiger charge is -2.15. The molecule has 6 heteroatoms. The molecule has 0 unspecified atom stereocenters. The number of thiazole rings is 1. The smallest absolute Gasteiger partial charge is 0.254 e. The highest BCUT2D eigenvalue weighted by atomic mass is 32.1. The van der Waals surface area contributed by atoms with E-state index < -0.39 is 0 Å². The maximum atomic E-state index is 12.4. The van der Waals surface area contributed by atoms with Crippen LogP contribution in [0.4, 0.5) is 0 Å². The van der Waals surface area contributed by atoms with Crippen molar-refractivity contribution in [2.24, 2.45) is 0 Å². The molecule has 0 atom stereocenters. The van der Waals surface area contributed by atoms with Crippen molar-refractivity contribution in [3.63, 3.8) is 0 Å². The van der Waals surface area contributed by atoms with E-state index in [4.69, 9.17) is 4.52 Å². The van der Waals surface area contributed by atoms with Gasteiger partial charge in [-0.2, -0.15) is 0 Å². The van der Waals surface area contributed by atoms with E-state index in [1.165, 1.54) is 0 Å². The summed E-state index contributed by atoms with van der Waals surface area (Å²) in [7, 11) is 1.74. The number of aromatic nitrogens is 2. The van der Waals surface area contributed by atoms with Gasteiger partial charge < -0.3 is 9.42 Å². The van der Waals surface area contributed by atoms with E-state index in [9.17, 15) is 4.79 Å². The summed E-state index contributed by atoms with van der Waals surface area (Å²) in [6, 6.07) is 7.35. The van der Waals surface area contributed by atoms with Crippen molar-refractivity contribution in [1.29, 1.82) is 0 Å². The molecule has 0 radical (unpaired) electrons. The fourth-order valence-electron chi connectivity index (χ4n) is 2.03. The summed E-state index contributed by atoms with van der Waals surface area (Å²) in [6.45, 7) is 2.36. The lowest BCUT2D eigenvalue weighted by Crippen LogP contribution is -2.25. The Labute approximate surface area is 119 Å². The number of fused-ring (bicyclic) bond motifs is 1. The minimum absolute atomic E-state index is 0.0612. The molecule has 0 saturated heterocycles. The fraction of sp³-hybridized carbons (Fsp3) is 0.214. The third-order valence-corrected chi connectivity index (χ3v) is 3.92. The molecule has 2 heterocycles. The fourth-order valence-corrected chi connectivity index (χ4v) is 2.83. The van der Waals surface area contributed by atoms with Gasteiger partial charge in [0.15, 0.2) is 5.76 Å². The summed E-state index contributed by atoms with van der Waals surface area (Å²) in [5.41, 5.74) is 1.50. The molecule has 3 aromatic rings. The largest absolute Gasteiger partial charge is 0.360 e. The van der Waals surface area contributed by atoms with Gasteiger partial charge in [0.2, 0.25) is 0 Å². The molecule has 3 rings (SSSR count). The van der Waals surface area contributed by atoms with E-state index in [0.29, 0.717) is 17.9 Å². The van der Waals surface area contributed by atoms with E-state index in [2.05, 4.69) is 10.1 Å². The van der Waals surface area contributed by atoms with E-state index in [0.717, 1.165) is 15.2 Å². The number of amides is 1.